The average molecular weight is 654 g/mol. The van der Waals surface area contributed by atoms with Gasteiger partial charge in [0.2, 0.25) is 0 Å². The van der Waals surface area contributed by atoms with Gasteiger partial charge in [0.15, 0.2) is 6.04 Å². The van der Waals surface area contributed by atoms with Crippen LogP contribution in [-0.4, -0.2) is 104 Å². The first-order valence-corrected chi connectivity index (χ1v) is 16.3. The van der Waals surface area contributed by atoms with Crippen molar-refractivity contribution in [2.24, 2.45) is 5.73 Å². The maximum Gasteiger partial charge on any atom is 0.410 e. The number of amides is 1. The maximum atomic E-state index is 13.2. The lowest BCUT2D eigenvalue weighted by molar-refractivity contribution is -0.146. The van der Waals surface area contributed by atoms with E-state index in [1.54, 1.807) is 0 Å². The minimum Gasteiger partial charge on any atom is -0.467 e. The standard InChI is InChI=1S/C36H43N7O5/c1-40(2)21-27(20-37)48-35-38-30-22-41(31-15-9-13-26-12-7-8-14-28(26)31)17-16-29(30)33(39-35)42-18-19-43(32(23-42)34(44)46-3)36(45)47-24-25-10-5-4-6-11-25/h4-15,27,32H,16-24,37H2,1-3H3. The van der Waals surface area contributed by atoms with Crippen molar-refractivity contribution < 1.29 is 23.8 Å². The summed E-state index contributed by atoms with van der Waals surface area (Å²) >= 11 is 0. The topological polar surface area (TPSA) is 127 Å². The summed E-state index contributed by atoms with van der Waals surface area (Å²) in [6, 6.07) is 23.5. The fourth-order valence-electron chi connectivity index (χ4n) is 6.44. The summed E-state index contributed by atoms with van der Waals surface area (Å²) in [4.78, 5) is 44.0. The van der Waals surface area contributed by atoms with E-state index < -0.39 is 18.1 Å². The van der Waals surface area contributed by atoms with Crippen LogP contribution in [0.3, 0.4) is 0 Å². The van der Waals surface area contributed by atoms with Gasteiger partial charge in [-0.15, -0.1) is 0 Å². The van der Waals surface area contributed by atoms with Crippen LogP contribution in [0.2, 0.25) is 0 Å². The molecule has 3 aromatic carbocycles. The third-order valence-corrected chi connectivity index (χ3v) is 8.83. The number of fused-ring (bicyclic) bond motifs is 2. The Labute approximate surface area is 281 Å². The molecule has 0 bridgehead atoms. The van der Waals surface area contributed by atoms with Crippen LogP contribution in [0.25, 0.3) is 10.8 Å². The number of hydrogen-bond acceptors (Lipinski definition) is 11. The van der Waals surface area contributed by atoms with Gasteiger partial charge in [-0.1, -0.05) is 66.7 Å². The van der Waals surface area contributed by atoms with E-state index in [0.717, 1.165) is 29.1 Å². The highest BCUT2D eigenvalue weighted by atomic mass is 16.6. The van der Waals surface area contributed by atoms with Gasteiger partial charge in [-0.3, -0.25) is 4.90 Å². The summed E-state index contributed by atoms with van der Waals surface area (Å²) in [5, 5.41) is 2.36. The SMILES string of the molecule is COC(=O)C1CN(c2nc(OC(CN)CN(C)C)nc3c2CCN(c2cccc4ccccc24)C3)CCN1C(=O)OCc1ccccc1. The quantitative estimate of drug-likeness (QED) is 0.253. The Morgan fingerprint density at radius 3 is 2.50 bits per heavy atom. The molecule has 4 aromatic rings. The molecule has 0 spiro atoms. The van der Waals surface area contributed by atoms with Crippen LogP contribution in [0.4, 0.5) is 16.3 Å². The van der Waals surface area contributed by atoms with E-state index in [2.05, 4.69) is 41.3 Å². The van der Waals surface area contributed by atoms with Crippen LogP contribution in [0, 0.1) is 0 Å². The molecule has 0 radical (unpaired) electrons. The van der Waals surface area contributed by atoms with Crippen molar-refractivity contribution in [1.29, 1.82) is 0 Å². The minimum absolute atomic E-state index is 0.107. The fraction of sp³-hybridized carbons (Fsp3) is 0.389. The Morgan fingerprint density at radius 1 is 0.958 bits per heavy atom. The number of benzene rings is 3. The van der Waals surface area contributed by atoms with Crippen LogP contribution in [-0.2, 0) is 33.8 Å². The van der Waals surface area contributed by atoms with E-state index in [1.165, 1.54) is 22.8 Å². The summed E-state index contributed by atoms with van der Waals surface area (Å²) in [5.74, 6) is 0.173. The summed E-state index contributed by atoms with van der Waals surface area (Å²) in [6.45, 7) is 3.18. The molecule has 1 fully saturated rings. The van der Waals surface area contributed by atoms with Gasteiger partial charge in [0.1, 0.15) is 18.5 Å². The molecule has 0 aliphatic carbocycles. The number of piperazine rings is 1. The second-order valence-electron chi connectivity index (χ2n) is 12.4. The summed E-state index contributed by atoms with van der Waals surface area (Å²) < 4.78 is 17.1. The van der Waals surface area contributed by atoms with Crippen LogP contribution in [0.5, 0.6) is 6.01 Å². The van der Waals surface area contributed by atoms with Crippen molar-refractivity contribution in [3.8, 4) is 6.01 Å². The van der Waals surface area contributed by atoms with Crippen molar-refractivity contribution in [3.63, 3.8) is 0 Å². The van der Waals surface area contributed by atoms with E-state index in [4.69, 9.17) is 29.9 Å². The average Bonchev–Trinajstić information content (AvgIpc) is 3.12. The minimum atomic E-state index is -0.886. The normalized spacial score (nSPS) is 16.9. The van der Waals surface area contributed by atoms with E-state index in [1.807, 2.05) is 60.3 Å². The Balaban J connectivity index is 1.30. The van der Waals surface area contributed by atoms with Gasteiger partial charge >= 0.3 is 18.1 Å². The number of nitrogens with two attached hydrogens (primary N) is 1. The summed E-state index contributed by atoms with van der Waals surface area (Å²) in [5.41, 5.74) is 9.94. The highest BCUT2D eigenvalue weighted by Crippen LogP contribution is 2.35. The number of anilines is 2. The van der Waals surface area contributed by atoms with Crippen LogP contribution < -0.4 is 20.3 Å². The maximum absolute atomic E-state index is 13.2. The Hall–Kier alpha value is -4.94. The van der Waals surface area contributed by atoms with E-state index >= 15 is 0 Å². The zero-order chi connectivity index (χ0) is 33.6. The molecule has 2 atom stereocenters. The van der Waals surface area contributed by atoms with E-state index in [0.29, 0.717) is 38.4 Å². The van der Waals surface area contributed by atoms with Gasteiger partial charge in [-0.25, -0.2) is 9.59 Å². The third-order valence-electron chi connectivity index (χ3n) is 8.83. The smallest absolute Gasteiger partial charge is 0.410 e. The van der Waals surface area contributed by atoms with Crippen LogP contribution >= 0.6 is 0 Å². The Bertz CT molecular complexity index is 1730. The number of likely N-dealkylation sites (N-methyl/N-ethyl adjacent to an activating group) is 1. The van der Waals surface area contributed by atoms with Gasteiger partial charge in [-0.05, 0) is 37.5 Å². The van der Waals surface area contributed by atoms with Gasteiger partial charge in [0.05, 0.1) is 25.9 Å². The number of hydrogen-bond donors (Lipinski definition) is 1. The monoisotopic (exact) mass is 653 g/mol. The second-order valence-corrected chi connectivity index (χ2v) is 12.4. The number of ether oxygens (including phenoxy) is 3. The van der Waals surface area contributed by atoms with E-state index in [9.17, 15) is 9.59 Å². The molecule has 2 aliphatic rings. The lowest BCUT2D eigenvalue weighted by atomic mass is 10.0. The van der Waals surface area contributed by atoms with E-state index in [-0.39, 0.29) is 31.8 Å². The zero-order valence-electron chi connectivity index (χ0n) is 27.7. The highest BCUT2D eigenvalue weighted by molar-refractivity contribution is 5.94. The molecule has 12 heteroatoms. The first kappa shape index (κ1) is 33.0. The molecule has 48 heavy (non-hydrogen) atoms. The molecular formula is C36H43N7O5. The van der Waals surface area contributed by atoms with Crippen molar-refractivity contribution in [3.05, 3.63) is 89.6 Å². The molecule has 1 aromatic heterocycles. The van der Waals surface area contributed by atoms with Crippen LogP contribution in [0.15, 0.2) is 72.8 Å². The molecule has 1 amide bonds. The lowest BCUT2D eigenvalue weighted by Crippen LogP contribution is -2.59. The molecule has 12 nitrogen and oxygen atoms in total. The summed E-state index contributed by atoms with van der Waals surface area (Å²) in [6.07, 6.45) is -0.195. The van der Waals surface area contributed by atoms with Crippen LogP contribution in [0.1, 0.15) is 16.8 Å². The number of carbonyl (C=O) groups is 2. The summed E-state index contributed by atoms with van der Waals surface area (Å²) in [7, 11) is 5.25. The number of nitrogens with zero attached hydrogens (tertiary/aromatic N) is 6. The van der Waals surface area contributed by atoms with Gasteiger partial charge in [0, 0.05) is 49.4 Å². The molecule has 2 N–H and O–H groups in total. The van der Waals surface area contributed by atoms with Crippen molar-refractivity contribution in [2.75, 3.05) is 70.3 Å². The van der Waals surface area contributed by atoms with Crippen molar-refractivity contribution in [1.82, 2.24) is 19.8 Å². The second kappa shape index (κ2) is 14.9. The Kier molecular flexibility index (Phi) is 10.2. The molecular weight excluding hydrogens is 610 g/mol. The predicted octanol–water partition coefficient (Wildman–Crippen LogP) is 3.46. The molecule has 252 valence electrons. The first-order valence-electron chi connectivity index (χ1n) is 16.3. The molecule has 2 aliphatic heterocycles. The van der Waals surface area contributed by atoms with Crippen molar-refractivity contribution >= 4 is 34.3 Å². The molecule has 3 heterocycles. The number of carbonyl (C=O) groups excluding carboxylic acids is 2. The predicted molar refractivity (Wildman–Crippen MR) is 184 cm³/mol. The number of methoxy groups -OCH3 is 1. The van der Waals surface area contributed by atoms with Crippen molar-refractivity contribution in [2.45, 2.75) is 31.7 Å². The first-order chi connectivity index (χ1) is 23.3. The molecule has 0 saturated carbocycles. The highest BCUT2D eigenvalue weighted by Gasteiger charge is 2.39. The molecule has 2 unspecified atom stereocenters. The third kappa shape index (κ3) is 7.29. The molecule has 1 saturated heterocycles. The number of esters is 1. The Morgan fingerprint density at radius 2 is 1.73 bits per heavy atom. The zero-order valence-corrected chi connectivity index (χ0v) is 27.7. The van der Waals surface area contributed by atoms with Gasteiger partial charge in [-0.2, -0.15) is 9.97 Å². The number of aromatic nitrogens is 2. The van der Waals surface area contributed by atoms with Gasteiger partial charge < -0.3 is 34.6 Å². The largest absolute Gasteiger partial charge is 0.467 e. The molecule has 6 rings (SSSR count). The lowest BCUT2D eigenvalue weighted by Gasteiger charge is -2.41. The number of rotatable bonds is 10. The fourth-order valence-corrected chi connectivity index (χ4v) is 6.44. The van der Waals surface area contributed by atoms with Gasteiger partial charge in [0.25, 0.3) is 0 Å².